The zero-order valence-electron chi connectivity index (χ0n) is 12.3. The summed E-state index contributed by atoms with van der Waals surface area (Å²) < 4.78 is 38.2. The molecule has 0 radical (unpaired) electrons. The van der Waals surface area contributed by atoms with Crippen LogP contribution < -0.4 is 0 Å². The molecule has 1 N–H and O–H groups in total. The van der Waals surface area contributed by atoms with Crippen LogP contribution in [0.25, 0.3) is 0 Å². The second kappa shape index (κ2) is 6.57. The molecule has 0 amide bonds. The predicted octanol–water partition coefficient (Wildman–Crippen LogP) is -0.484. The number of rotatable bonds is 5. The van der Waals surface area contributed by atoms with Gasteiger partial charge in [-0.05, 0) is 19.3 Å². The first-order valence-electron chi connectivity index (χ1n) is 6.97. The van der Waals surface area contributed by atoms with E-state index in [1.807, 2.05) is 0 Å². The molecule has 0 aliphatic carbocycles. The number of aliphatic carboxylic acids is 1. The van der Waals surface area contributed by atoms with Crippen molar-refractivity contribution in [1.29, 1.82) is 0 Å². The van der Waals surface area contributed by atoms with Crippen LogP contribution in [0.4, 0.5) is 0 Å². The van der Waals surface area contributed by atoms with Crippen molar-refractivity contribution in [2.24, 2.45) is 0 Å². The van der Waals surface area contributed by atoms with Gasteiger partial charge in [0.05, 0.1) is 12.2 Å². The van der Waals surface area contributed by atoms with E-state index >= 15 is 0 Å². The summed E-state index contributed by atoms with van der Waals surface area (Å²) in [5.41, 5.74) is 0. The van der Waals surface area contributed by atoms with Gasteiger partial charge in [-0.1, -0.05) is 0 Å². The zero-order valence-corrected chi connectivity index (χ0v) is 13.1. The van der Waals surface area contributed by atoms with E-state index < -0.39 is 22.2 Å². The van der Waals surface area contributed by atoms with Gasteiger partial charge in [-0.2, -0.15) is 17.0 Å². The monoisotopic (exact) mass is 322 g/mol. The van der Waals surface area contributed by atoms with Gasteiger partial charge in [-0.15, -0.1) is 0 Å². The SMILES string of the molecule is COC1CN(S(=O)(=O)N2CCCCC2C(=O)O)CC1OC. The fraction of sp³-hybridized carbons (Fsp3) is 0.917. The third-order valence-electron chi connectivity index (χ3n) is 4.15. The molecule has 8 nitrogen and oxygen atoms in total. The van der Waals surface area contributed by atoms with Crippen molar-refractivity contribution in [3.8, 4) is 0 Å². The molecule has 3 unspecified atom stereocenters. The van der Waals surface area contributed by atoms with Gasteiger partial charge in [0, 0.05) is 33.9 Å². The summed E-state index contributed by atoms with van der Waals surface area (Å²) in [6.45, 7) is 0.603. The average Bonchev–Trinajstić information content (AvgIpc) is 2.91. The first-order valence-corrected chi connectivity index (χ1v) is 8.36. The molecule has 0 saturated carbocycles. The Labute approximate surface area is 124 Å². The number of carboxylic acids is 1. The lowest BCUT2D eigenvalue weighted by Crippen LogP contribution is -2.53. The van der Waals surface area contributed by atoms with E-state index in [0.29, 0.717) is 12.8 Å². The van der Waals surface area contributed by atoms with Crippen molar-refractivity contribution >= 4 is 16.2 Å². The summed E-state index contributed by atoms with van der Waals surface area (Å²) in [6.07, 6.45) is 1.09. The summed E-state index contributed by atoms with van der Waals surface area (Å²) in [5, 5.41) is 9.24. The van der Waals surface area contributed by atoms with E-state index in [1.165, 1.54) is 18.5 Å². The summed E-state index contributed by atoms with van der Waals surface area (Å²) in [4.78, 5) is 11.3. The first kappa shape index (κ1) is 16.6. The molecule has 0 aromatic rings. The van der Waals surface area contributed by atoms with Gasteiger partial charge >= 0.3 is 5.97 Å². The van der Waals surface area contributed by atoms with E-state index in [4.69, 9.17) is 9.47 Å². The summed E-state index contributed by atoms with van der Waals surface area (Å²) >= 11 is 0. The van der Waals surface area contributed by atoms with Crippen LogP contribution in [0, 0.1) is 0 Å². The number of piperidine rings is 1. The highest BCUT2D eigenvalue weighted by molar-refractivity contribution is 7.86. The zero-order chi connectivity index (χ0) is 15.6. The van der Waals surface area contributed by atoms with Crippen molar-refractivity contribution in [2.45, 2.75) is 37.5 Å². The third kappa shape index (κ3) is 3.21. The highest BCUT2D eigenvalue weighted by atomic mass is 32.2. The predicted molar refractivity (Wildman–Crippen MR) is 74.1 cm³/mol. The van der Waals surface area contributed by atoms with Crippen LogP contribution in [0.15, 0.2) is 0 Å². The molecule has 2 aliphatic rings. The maximum atomic E-state index is 12.7. The Morgan fingerprint density at radius 3 is 2.19 bits per heavy atom. The number of nitrogens with zero attached hydrogens (tertiary/aromatic N) is 2. The van der Waals surface area contributed by atoms with E-state index in [0.717, 1.165) is 10.7 Å². The number of hydrogen-bond acceptors (Lipinski definition) is 5. The van der Waals surface area contributed by atoms with Gasteiger partial charge in [-0.25, -0.2) is 0 Å². The lowest BCUT2D eigenvalue weighted by atomic mass is 10.1. The topological polar surface area (TPSA) is 96.4 Å². The number of ether oxygens (including phenoxy) is 2. The van der Waals surface area contributed by atoms with Crippen molar-refractivity contribution in [3.05, 3.63) is 0 Å². The Kier molecular flexibility index (Phi) is 5.20. The first-order chi connectivity index (χ1) is 9.91. The number of hydrogen-bond donors (Lipinski definition) is 1. The highest BCUT2D eigenvalue weighted by Gasteiger charge is 2.45. The Morgan fingerprint density at radius 1 is 1.14 bits per heavy atom. The average molecular weight is 322 g/mol. The van der Waals surface area contributed by atoms with Crippen LogP contribution >= 0.6 is 0 Å². The van der Waals surface area contributed by atoms with Gasteiger partial charge in [0.1, 0.15) is 6.04 Å². The second-order valence-electron chi connectivity index (χ2n) is 5.33. The smallest absolute Gasteiger partial charge is 0.322 e. The van der Waals surface area contributed by atoms with Gasteiger partial charge < -0.3 is 14.6 Å². The maximum absolute atomic E-state index is 12.7. The van der Waals surface area contributed by atoms with Crippen LogP contribution in [-0.4, -0.2) is 80.2 Å². The van der Waals surface area contributed by atoms with Crippen LogP contribution in [0.1, 0.15) is 19.3 Å². The van der Waals surface area contributed by atoms with Crippen molar-refractivity contribution < 1.29 is 27.8 Å². The van der Waals surface area contributed by atoms with Crippen molar-refractivity contribution in [1.82, 2.24) is 8.61 Å². The van der Waals surface area contributed by atoms with Crippen molar-refractivity contribution in [3.63, 3.8) is 0 Å². The molecular formula is C12H22N2O6S. The molecule has 2 saturated heterocycles. The molecule has 2 rings (SSSR count). The van der Waals surface area contributed by atoms with Crippen LogP contribution in [0.3, 0.4) is 0 Å². The van der Waals surface area contributed by atoms with Gasteiger partial charge in [0.15, 0.2) is 0 Å². The summed E-state index contributed by atoms with van der Waals surface area (Å²) in [5.74, 6) is -1.09. The minimum Gasteiger partial charge on any atom is -0.480 e. The molecule has 0 spiro atoms. The molecule has 0 bridgehead atoms. The minimum atomic E-state index is -3.82. The molecule has 122 valence electrons. The van der Waals surface area contributed by atoms with E-state index in [1.54, 1.807) is 0 Å². The quantitative estimate of drug-likeness (QED) is 0.734. The number of methoxy groups -OCH3 is 2. The molecule has 2 fully saturated rings. The Balaban J connectivity index is 2.19. The number of carbonyl (C=O) groups is 1. The Morgan fingerprint density at radius 2 is 1.71 bits per heavy atom. The maximum Gasteiger partial charge on any atom is 0.322 e. The van der Waals surface area contributed by atoms with E-state index in [9.17, 15) is 18.3 Å². The molecule has 0 aromatic carbocycles. The van der Waals surface area contributed by atoms with Crippen LogP contribution in [0.5, 0.6) is 0 Å². The molecule has 21 heavy (non-hydrogen) atoms. The van der Waals surface area contributed by atoms with Gasteiger partial charge in [-0.3, -0.25) is 4.79 Å². The summed E-state index contributed by atoms with van der Waals surface area (Å²) in [7, 11) is -0.801. The minimum absolute atomic E-state index is 0.181. The van der Waals surface area contributed by atoms with E-state index in [2.05, 4.69) is 0 Å². The fourth-order valence-electron chi connectivity index (χ4n) is 2.93. The summed E-state index contributed by atoms with van der Waals surface area (Å²) in [6, 6.07) is -0.980. The fourth-order valence-corrected chi connectivity index (χ4v) is 4.77. The lowest BCUT2D eigenvalue weighted by Gasteiger charge is -2.34. The molecular weight excluding hydrogens is 300 g/mol. The van der Waals surface area contributed by atoms with Gasteiger partial charge in [0.2, 0.25) is 0 Å². The molecule has 0 aromatic heterocycles. The van der Waals surface area contributed by atoms with Gasteiger partial charge in [0.25, 0.3) is 10.2 Å². The molecule has 2 heterocycles. The molecule has 9 heteroatoms. The van der Waals surface area contributed by atoms with E-state index in [-0.39, 0.29) is 31.8 Å². The largest absolute Gasteiger partial charge is 0.480 e. The highest BCUT2D eigenvalue weighted by Crippen LogP contribution is 2.26. The van der Waals surface area contributed by atoms with Crippen LogP contribution in [-0.2, 0) is 24.5 Å². The Bertz CT molecular complexity index is 470. The molecule has 2 aliphatic heterocycles. The van der Waals surface area contributed by atoms with Crippen molar-refractivity contribution in [2.75, 3.05) is 33.9 Å². The Hall–Kier alpha value is -0.740. The number of carboxylic acid groups (broad SMARTS) is 1. The standard InChI is InChI=1S/C12H22N2O6S/c1-19-10-7-13(8-11(10)20-2)21(17,18)14-6-4-3-5-9(14)12(15)16/h9-11H,3-8H2,1-2H3,(H,15,16). The lowest BCUT2D eigenvalue weighted by molar-refractivity contribution is -0.142. The second-order valence-corrected chi connectivity index (χ2v) is 7.21. The normalized spacial score (nSPS) is 32.4. The third-order valence-corrected chi connectivity index (χ3v) is 6.13. The molecule has 3 atom stereocenters. The van der Waals surface area contributed by atoms with Crippen LogP contribution in [0.2, 0.25) is 0 Å².